The van der Waals surface area contributed by atoms with Crippen LogP contribution in [0.3, 0.4) is 0 Å². The topological polar surface area (TPSA) is 41.6 Å². The number of carbonyl (C=O) groups excluding carboxylic acids is 1. The van der Waals surface area contributed by atoms with Crippen molar-refractivity contribution in [3.8, 4) is 0 Å². The van der Waals surface area contributed by atoms with Crippen molar-refractivity contribution in [2.45, 2.75) is 25.9 Å². The third kappa shape index (κ3) is 2.87. The predicted octanol–water partition coefficient (Wildman–Crippen LogP) is 1.07. The van der Waals surface area contributed by atoms with E-state index >= 15 is 0 Å². The van der Waals surface area contributed by atoms with Gasteiger partial charge in [-0.15, -0.1) is 0 Å². The van der Waals surface area contributed by atoms with Crippen LogP contribution in [0.5, 0.6) is 0 Å². The predicted molar refractivity (Wildman–Crippen MR) is 55.2 cm³/mol. The van der Waals surface area contributed by atoms with Gasteiger partial charge in [0.25, 0.3) is 0 Å². The summed E-state index contributed by atoms with van der Waals surface area (Å²) in [5.41, 5.74) is 0. The van der Waals surface area contributed by atoms with Crippen molar-refractivity contribution in [1.82, 2.24) is 10.2 Å². The summed E-state index contributed by atoms with van der Waals surface area (Å²) in [7, 11) is 3.70. The summed E-state index contributed by atoms with van der Waals surface area (Å²) < 4.78 is 5.27. The highest BCUT2D eigenvalue weighted by atomic mass is 16.6. The fourth-order valence-corrected chi connectivity index (χ4v) is 1.59. The molecule has 0 bridgehead atoms. The van der Waals surface area contributed by atoms with Crippen LogP contribution in [0.25, 0.3) is 0 Å². The normalized spacial score (nSPS) is 25.4. The van der Waals surface area contributed by atoms with Gasteiger partial charge >= 0.3 is 6.09 Å². The zero-order chi connectivity index (χ0) is 10.6. The van der Waals surface area contributed by atoms with Gasteiger partial charge in [-0.2, -0.15) is 0 Å². The van der Waals surface area contributed by atoms with Crippen LogP contribution in [0.15, 0.2) is 0 Å². The third-order valence-electron chi connectivity index (χ3n) is 2.74. The lowest BCUT2D eigenvalue weighted by Gasteiger charge is -2.35. The number of ether oxygens (including phenoxy) is 1. The van der Waals surface area contributed by atoms with Gasteiger partial charge in [-0.05, 0) is 39.3 Å². The maximum Gasteiger partial charge on any atom is 0.409 e. The van der Waals surface area contributed by atoms with Crippen molar-refractivity contribution in [3.05, 3.63) is 0 Å². The zero-order valence-corrected chi connectivity index (χ0v) is 9.25. The number of carbonyl (C=O) groups is 1. The van der Waals surface area contributed by atoms with Gasteiger partial charge in [0, 0.05) is 13.6 Å². The van der Waals surface area contributed by atoms with Crippen molar-refractivity contribution < 1.29 is 9.53 Å². The van der Waals surface area contributed by atoms with E-state index in [1.54, 1.807) is 11.9 Å². The average Bonchev–Trinajstić information content (AvgIpc) is 2.13. The molecular formula is C10H20N2O2. The van der Waals surface area contributed by atoms with Gasteiger partial charge in [-0.1, -0.05) is 0 Å². The van der Waals surface area contributed by atoms with E-state index in [4.69, 9.17) is 4.74 Å². The molecule has 0 saturated heterocycles. The van der Waals surface area contributed by atoms with Gasteiger partial charge in [0.1, 0.15) is 6.10 Å². The van der Waals surface area contributed by atoms with E-state index in [0.717, 1.165) is 19.4 Å². The molecule has 0 radical (unpaired) electrons. The van der Waals surface area contributed by atoms with E-state index in [9.17, 15) is 4.79 Å². The molecule has 1 fully saturated rings. The second-order valence-corrected chi connectivity index (χ2v) is 3.92. The first-order valence-corrected chi connectivity index (χ1v) is 5.23. The summed E-state index contributed by atoms with van der Waals surface area (Å²) >= 11 is 0. The highest BCUT2D eigenvalue weighted by Gasteiger charge is 2.31. The molecule has 82 valence electrons. The van der Waals surface area contributed by atoms with E-state index < -0.39 is 0 Å². The van der Waals surface area contributed by atoms with Crippen LogP contribution in [-0.2, 0) is 4.74 Å². The minimum atomic E-state index is -0.194. The molecule has 0 heterocycles. The molecule has 1 N–H and O–H groups in total. The van der Waals surface area contributed by atoms with Gasteiger partial charge in [0.15, 0.2) is 0 Å². The van der Waals surface area contributed by atoms with E-state index in [-0.39, 0.29) is 12.2 Å². The molecule has 1 aliphatic rings. The SMILES string of the molecule is CCN(C)C(=O)OC1CC(CNC)C1. The monoisotopic (exact) mass is 200 g/mol. The number of hydrogen-bond donors (Lipinski definition) is 1. The molecule has 0 aromatic heterocycles. The van der Waals surface area contributed by atoms with Crippen molar-refractivity contribution in [1.29, 1.82) is 0 Å². The Morgan fingerprint density at radius 3 is 2.71 bits per heavy atom. The molecule has 0 spiro atoms. The number of amides is 1. The molecule has 0 aromatic rings. The summed E-state index contributed by atoms with van der Waals surface area (Å²) in [4.78, 5) is 12.9. The second-order valence-electron chi connectivity index (χ2n) is 3.92. The highest BCUT2D eigenvalue weighted by molar-refractivity contribution is 5.67. The first kappa shape index (κ1) is 11.3. The molecule has 4 heteroatoms. The first-order valence-electron chi connectivity index (χ1n) is 5.23. The molecule has 4 nitrogen and oxygen atoms in total. The fourth-order valence-electron chi connectivity index (χ4n) is 1.59. The number of nitrogens with zero attached hydrogens (tertiary/aromatic N) is 1. The summed E-state index contributed by atoms with van der Waals surface area (Å²) in [5.74, 6) is 0.685. The van der Waals surface area contributed by atoms with E-state index in [1.165, 1.54) is 0 Å². The Bertz CT molecular complexity index is 191. The molecule has 1 rings (SSSR count). The van der Waals surface area contributed by atoms with Crippen molar-refractivity contribution in [2.75, 3.05) is 27.2 Å². The molecule has 1 saturated carbocycles. The minimum absolute atomic E-state index is 0.148. The Balaban J connectivity index is 2.13. The van der Waals surface area contributed by atoms with E-state index in [1.807, 2.05) is 14.0 Å². The van der Waals surface area contributed by atoms with Gasteiger partial charge < -0.3 is 15.0 Å². The fraction of sp³-hybridized carbons (Fsp3) is 0.900. The third-order valence-corrected chi connectivity index (χ3v) is 2.74. The summed E-state index contributed by atoms with van der Waals surface area (Å²) in [6.45, 7) is 3.66. The van der Waals surface area contributed by atoms with Gasteiger partial charge in [0.2, 0.25) is 0 Å². The quantitative estimate of drug-likeness (QED) is 0.738. The second kappa shape index (κ2) is 5.20. The van der Waals surface area contributed by atoms with Crippen molar-refractivity contribution >= 4 is 6.09 Å². The van der Waals surface area contributed by atoms with Crippen molar-refractivity contribution in [2.24, 2.45) is 5.92 Å². The smallest absolute Gasteiger partial charge is 0.409 e. The lowest BCUT2D eigenvalue weighted by atomic mass is 9.82. The standard InChI is InChI=1S/C10H20N2O2/c1-4-12(3)10(13)14-9-5-8(6-9)7-11-2/h8-9,11H,4-7H2,1-3H3. The van der Waals surface area contributed by atoms with Crippen LogP contribution < -0.4 is 5.32 Å². The average molecular weight is 200 g/mol. The van der Waals surface area contributed by atoms with Crippen LogP contribution in [-0.4, -0.2) is 44.3 Å². The summed E-state index contributed by atoms with van der Waals surface area (Å²) in [6, 6.07) is 0. The Morgan fingerprint density at radius 2 is 2.21 bits per heavy atom. The lowest BCUT2D eigenvalue weighted by Crippen LogP contribution is -2.40. The Labute approximate surface area is 85.6 Å². The Kier molecular flexibility index (Phi) is 4.20. The largest absolute Gasteiger partial charge is 0.446 e. The molecule has 1 amide bonds. The first-order chi connectivity index (χ1) is 6.67. The van der Waals surface area contributed by atoms with Crippen LogP contribution in [0.4, 0.5) is 4.79 Å². The number of nitrogens with one attached hydrogen (secondary N) is 1. The molecule has 0 atom stereocenters. The molecule has 0 unspecified atom stereocenters. The Hall–Kier alpha value is -0.770. The van der Waals surface area contributed by atoms with E-state index in [2.05, 4.69) is 5.32 Å². The van der Waals surface area contributed by atoms with Crippen LogP contribution >= 0.6 is 0 Å². The summed E-state index contributed by atoms with van der Waals surface area (Å²) in [6.07, 6.45) is 1.96. The minimum Gasteiger partial charge on any atom is -0.446 e. The molecule has 1 aliphatic carbocycles. The van der Waals surface area contributed by atoms with Crippen LogP contribution in [0, 0.1) is 5.92 Å². The summed E-state index contributed by atoms with van der Waals surface area (Å²) in [5, 5.41) is 3.13. The van der Waals surface area contributed by atoms with Gasteiger partial charge in [-0.25, -0.2) is 4.79 Å². The molecule has 14 heavy (non-hydrogen) atoms. The maximum absolute atomic E-state index is 11.3. The van der Waals surface area contributed by atoms with Crippen molar-refractivity contribution in [3.63, 3.8) is 0 Å². The molecule has 0 aromatic carbocycles. The zero-order valence-electron chi connectivity index (χ0n) is 9.25. The molecular weight excluding hydrogens is 180 g/mol. The molecule has 0 aliphatic heterocycles. The maximum atomic E-state index is 11.3. The van der Waals surface area contributed by atoms with E-state index in [0.29, 0.717) is 12.5 Å². The number of rotatable bonds is 4. The lowest BCUT2D eigenvalue weighted by molar-refractivity contribution is 0.00311. The highest BCUT2D eigenvalue weighted by Crippen LogP contribution is 2.29. The van der Waals surface area contributed by atoms with Crippen LogP contribution in [0.2, 0.25) is 0 Å². The van der Waals surface area contributed by atoms with Gasteiger partial charge in [-0.3, -0.25) is 0 Å². The Morgan fingerprint density at radius 1 is 1.57 bits per heavy atom. The number of hydrogen-bond acceptors (Lipinski definition) is 3. The van der Waals surface area contributed by atoms with Crippen LogP contribution in [0.1, 0.15) is 19.8 Å². The van der Waals surface area contributed by atoms with Gasteiger partial charge in [0.05, 0.1) is 0 Å².